The van der Waals surface area contributed by atoms with Gasteiger partial charge < -0.3 is 29.4 Å². The number of nitrogens with zero attached hydrogens (tertiary/aromatic N) is 8. The Balaban J connectivity index is 1.16. The fourth-order valence-corrected chi connectivity index (χ4v) is 4.00. The molecule has 0 spiro atoms. The predicted octanol–water partition coefficient (Wildman–Crippen LogP) is 1.65. The van der Waals surface area contributed by atoms with Gasteiger partial charge in [-0.15, -0.1) is 5.10 Å². The van der Waals surface area contributed by atoms with Gasteiger partial charge in [0.2, 0.25) is 11.8 Å². The van der Waals surface area contributed by atoms with Crippen LogP contribution in [-0.2, 0) is 4.74 Å². The number of oxazole rings is 1. The van der Waals surface area contributed by atoms with Crippen molar-refractivity contribution in [2.45, 2.75) is 0 Å². The summed E-state index contributed by atoms with van der Waals surface area (Å²) in [7, 11) is -2.43. The van der Waals surface area contributed by atoms with E-state index < -0.39 is 14.0 Å². The van der Waals surface area contributed by atoms with Crippen LogP contribution in [0.15, 0.2) is 47.2 Å². The number of aromatic nitrogens is 5. The first-order valence-electron chi connectivity index (χ1n) is 14.5. The van der Waals surface area contributed by atoms with E-state index in [9.17, 15) is 0 Å². The highest BCUT2D eigenvalue weighted by molar-refractivity contribution is 5.58. The molecule has 12 heteroatoms. The number of benzene rings is 1. The van der Waals surface area contributed by atoms with Crippen LogP contribution in [-0.4, -0.2) is 96.0 Å². The van der Waals surface area contributed by atoms with Crippen molar-refractivity contribution in [2.24, 2.45) is 0 Å². The summed E-state index contributed by atoms with van der Waals surface area (Å²) >= 11 is 0. The number of ether oxygens (including phenoxy) is 2. The van der Waals surface area contributed by atoms with Gasteiger partial charge in [-0.05, 0) is 24.3 Å². The second-order valence-electron chi connectivity index (χ2n) is 8.19. The van der Waals surface area contributed by atoms with Crippen LogP contribution in [0.2, 0.25) is 0 Å². The number of methoxy groups -OCH3 is 1. The van der Waals surface area contributed by atoms with Crippen molar-refractivity contribution in [2.75, 3.05) is 82.0 Å². The van der Waals surface area contributed by atoms with Crippen LogP contribution in [0.5, 0.6) is 5.75 Å². The van der Waals surface area contributed by atoms with Crippen LogP contribution >= 0.6 is 0 Å². The van der Waals surface area contributed by atoms with E-state index in [-0.39, 0.29) is 43.2 Å². The molecule has 1 saturated heterocycles. The molecule has 12 nitrogen and oxygen atoms in total. The Morgan fingerprint density at radius 2 is 2.00 bits per heavy atom. The summed E-state index contributed by atoms with van der Waals surface area (Å²) in [5.41, 5.74) is 7.47. The predicted molar refractivity (Wildman–Crippen MR) is 136 cm³/mol. The van der Waals surface area contributed by atoms with Gasteiger partial charge in [0.1, 0.15) is 24.4 Å². The van der Waals surface area contributed by atoms with Crippen LogP contribution in [0.25, 0.3) is 17.4 Å². The number of piperazine rings is 1. The van der Waals surface area contributed by atoms with Crippen molar-refractivity contribution in [1.82, 2.24) is 29.5 Å². The van der Waals surface area contributed by atoms with Crippen molar-refractivity contribution >= 4 is 23.1 Å². The van der Waals surface area contributed by atoms with E-state index in [0.717, 1.165) is 31.9 Å². The minimum absolute atomic E-state index is 0.00368. The van der Waals surface area contributed by atoms with Gasteiger partial charge in [-0.3, -0.25) is 4.90 Å². The summed E-state index contributed by atoms with van der Waals surface area (Å²) in [4.78, 5) is 18.4. The first-order chi connectivity index (χ1) is 20.0. The number of anilines is 3. The van der Waals surface area contributed by atoms with E-state index in [0.29, 0.717) is 17.9 Å². The summed E-state index contributed by atoms with van der Waals surface area (Å²) < 4.78 is 62.3. The van der Waals surface area contributed by atoms with Gasteiger partial charge in [-0.25, -0.2) is 9.97 Å². The lowest BCUT2D eigenvalue weighted by molar-refractivity contribution is 0.146. The second kappa shape index (κ2) is 10.8. The molecule has 4 aromatic rings. The molecule has 36 heavy (non-hydrogen) atoms. The largest absolute Gasteiger partial charge is 0.491 e. The number of nitrogen functional groups attached to an aromatic ring is 1. The van der Waals surface area contributed by atoms with Crippen molar-refractivity contribution in [3.05, 3.63) is 42.8 Å². The molecule has 1 fully saturated rings. The second-order valence-corrected chi connectivity index (χ2v) is 8.19. The lowest BCUT2D eigenvalue weighted by Crippen LogP contribution is -2.48. The molecule has 5 rings (SSSR count). The molecule has 1 aromatic carbocycles. The molecule has 0 saturated carbocycles. The molecule has 3 aromatic heterocycles. The van der Waals surface area contributed by atoms with E-state index in [4.69, 9.17) is 27.8 Å². The summed E-state index contributed by atoms with van der Waals surface area (Å²) in [6, 6.07) is 9.12. The highest BCUT2D eigenvalue weighted by Gasteiger charge is 2.19. The zero-order chi connectivity index (χ0) is 29.9. The van der Waals surface area contributed by atoms with Crippen LogP contribution in [0.1, 0.15) is 8.22 Å². The number of fused-ring (bicyclic) bond motifs is 1. The van der Waals surface area contributed by atoms with Gasteiger partial charge >= 0.3 is 0 Å². The first kappa shape index (κ1) is 17.5. The highest BCUT2D eigenvalue weighted by Crippen LogP contribution is 2.22. The first-order valence-corrected chi connectivity index (χ1v) is 11.5. The third kappa shape index (κ3) is 5.34. The van der Waals surface area contributed by atoms with Crippen LogP contribution in [0, 0.1) is 0 Å². The maximum Gasteiger partial charge on any atom is 0.266 e. The van der Waals surface area contributed by atoms with Crippen LogP contribution in [0.4, 0.5) is 17.5 Å². The molecule has 0 unspecified atom stereocenters. The quantitative estimate of drug-likeness (QED) is 0.320. The number of rotatable bonds is 10. The van der Waals surface area contributed by atoms with Gasteiger partial charge in [0.25, 0.3) is 5.89 Å². The average molecular weight is 500 g/mol. The molecule has 0 aliphatic carbocycles. The van der Waals surface area contributed by atoms with Gasteiger partial charge in [0, 0.05) is 69.1 Å². The molecule has 1 aliphatic rings. The van der Waals surface area contributed by atoms with Gasteiger partial charge in [0.05, 0.1) is 16.9 Å². The van der Waals surface area contributed by atoms with E-state index >= 15 is 0 Å². The Labute approximate surface area is 217 Å². The fourth-order valence-electron chi connectivity index (χ4n) is 4.00. The van der Waals surface area contributed by atoms with Gasteiger partial charge in [0.15, 0.2) is 5.65 Å². The van der Waals surface area contributed by atoms with Crippen molar-refractivity contribution in [3.8, 4) is 17.5 Å². The Kier molecular flexibility index (Phi) is 5.25. The summed E-state index contributed by atoms with van der Waals surface area (Å²) in [5, 5.41) is 4.26. The van der Waals surface area contributed by atoms with Crippen LogP contribution < -0.4 is 20.3 Å². The number of likely N-dealkylation sites (N-methyl/N-ethyl adjacent to an activating group) is 1. The topological polar surface area (TPSA) is 123 Å². The monoisotopic (exact) mass is 499 g/mol. The zero-order valence-corrected chi connectivity index (χ0v) is 19.6. The highest BCUT2D eigenvalue weighted by atomic mass is 16.5. The molecule has 2 N–H and O–H groups in total. The normalized spacial score (nSPS) is 17.6. The molecule has 4 heterocycles. The Hall–Kier alpha value is -3.90. The number of hydrogen-bond donors (Lipinski definition) is 1. The summed E-state index contributed by atoms with van der Waals surface area (Å²) in [6.07, 6.45) is 2.88. The molecule has 0 atom stereocenters. The standard InChI is InChI=1S/C24H31N9O3/c1-30(20-17-21-27-22(23-26-7-14-36-23)29-33(21)24(25)28-20)8-9-31-10-12-32(13-11-31)18-3-5-19(6-4-18)35-16-15-34-2/h3-7,14,17H,8-13,15-16H2,1-2H3,(H2,25,28)/i1D3,2D3. The van der Waals surface area contributed by atoms with Crippen molar-refractivity contribution in [3.63, 3.8) is 0 Å². The third-order valence-corrected chi connectivity index (χ3v) is 5.90. The number of hydrogen-bond acceptors (Lipinski definition) is 11. The number of nitrogens with two attached hydrogens (primary N) is 1. The molecule has 1 aliphatic heterocycles. The van der Waals surface area contributed by atoms with E-state index in [1.165, 1.54) is 27.9 Å². The maximum absolute atomic E-state index is 8.13. The van der Waals surface area contributed by atoms with Crippen molar-refractivity contribution < 1.29 is 22.1 Å². The lowest BCUT2D eigenvalue weighted by atomic mass is 10.2. The van der Waals surface area contributed by atoms with E-state index in [2.05, 4.69) is 29.9 Å². The third-order valence-electron chi connectivity index (χ3n) is 5.90. The molecule has 0 bridgehead atoms. The lowest BCUT2D eigenvalue weighted by Gasteiger charge is -2.36. The molecular formula is C24H31N9O3. The summed E-state index contributed by atoms with van der Waals surface area (Å²) in [6.45, 7) is 1.41. The van der Waals surface area contributed by atoms with Crippen LogP contribution in [0.3, 0.4) is 0 Å². The molecular weight excluding hydrogens is 462 g/mol. The smallest absolute Gasteiger partial charge is 0.266 e. The van der Waals surface area contributed by atoms with Gasteiger partial charge in [-0.1, -0.05) is 0 Å². The van der Waals surface area contributed by atoms with Crippen molar-refractivity contribution in [1.29, 1.82) is 0 Å². The molecule has 0 radical (unpaired) electrons. The molecule has 0 amide bonds. The minimum Gasteiger partial charge on any atom is -0.491 e. The van der Waals surface area contributed by atoms with E-state index in [1.54, 1.807) is 0 Å². The minimum atomic E-state index is -2.45. The maximum atomic E-state index is 8.13. The Morgan fingerprint density at radius 1 is 1.14 bits per heavy atom. The molecule has 190 valence electrons. The Bertz CT molecular complexity index is 1450. The zero-order valence-electron chi connectivity index (χ0n) is 25.6. The van der Waals surface area contributed by atoms with E-state index in [1.807, 2.05) is 24.3 Å². The fraction of sp³-hybridized carbons (Fsp3) is 0.417. The average Bonchev–Trinajstić information content (AvgIpc) is 3.62. The SMILES string of the molecule is [2H]C([2H])([2H])OCCOc1ccc(N2CCN(CCN(c3cc4nc(-c5ncco5)nn4c(N)n3)C([2H])([2H])[2H])CC2)cc1. The summed E-state index contributed by atoms with van der Waals surface area (Å²) in [5.74, 6) is 1.23. The van der Waals surface area contributed by atoms with Gasteiger partial charge in [-0.2, -0.15) is 9.50 Å². The Morgan fingerprint density at radius 3 is 2.75 bits per heavy atom.